The second kappa shape index (κ2) is 7.12. The highest BCUT2D eigenvalue weighted by molar-refractivity contribution is 5.96. The minimum atomic E-state index is -0.595. The van der Waals surface area contributed by atoms with Crippen LogP contribution in [0, 0.1) is 17.3 Å². The molecule has 0 spiro atoms. The number of aliphatic hydroxyl groups is 1. The molecular weight excluding hydrogens is 384 g/mol. The normalized spacial score (nSPS) is 31.8. The number of fused-ring (bicyclic) bond motifs is 1. The van der Waals surface area contributed by atoms with E-state index in [9.17, 15) is 14.7 Å². The van der Waals surface area contributed by atoms with Crippen LogP contribution >= 0.6 is 0 Å². The molecule has 1 heterocycles. The number of furan rings is 1. The minimum absolute atomic E-state index is 0.0306. The molecule has 4 fully saturated rings. The third-order valence-electron chi connectivity index (χ3n) is 7.21. The van der Waals surface area contributed by atoms with Crippen LogP contribution in [0.1, 0.15) is 68.0 Å². The highest BCUT2D eigenvalue weighted by Crippen LogP contribution is 2.62. The van der Waals surface area contributed by atoms with Crippen LogP contribution in [0.25, 0.3) is 11.0 Å². The fourth-order valence-electron chi connectivity index (χ4n) is 6.72. The van der Waals surface area contributed by atoms with Crippen LogP contribution in [-0.2, 0) is 20.9 Å². The SMILES string of the molecule is CCOC(=O)c1oc2ccccc2c1COC(=O)CC12CC3CC(CC(O)(C3)C1)C2. The van der Waals surface area contributed by atoms with E-state index in [2.05, 4.69) is 0 Å². The third kappa shape index (κ3) is 3.41. The summed E-state index contributed by atoms with van der Waals surface area (Å²) in [7, 11) is 0. The van der Waals surface area contributed by atoms with Gasteiger partial charge in [0.1, 0.15) is 12.2 Å². The number of benzene rings is 1. The first-order valence-corrected chi connectivity index (χ1v) is 10.9. The predicted molar refractivity (Wildman–Crippen MR) is 109 cm³/mol. The molecule has 2 unspecified atom stereocenters. The van der Waals surface area contributed by atoms with E-state index in [1.165, 1.54) is 6.42 Å². The molecule has 2 aromatic rings. The van der Waals surface area contributed by atoms with Crippen molar-refractivity contribution in [3.63, 3.8) is 0 Å². The molecule has 1 aromatic carbocycles. The van der Waals surface area contributed by atoms with E-state index in [-0.39, 0.29) is 30.4 Å². The smallest absolute Gasteiger partial charge is 0.374 e. The Labute approximate surface area is 175 Å². The van der Waals surface area contributed by atoms with E-state index < -0.39 is 11.6 Å². The Hall–Kier alpha value is -2.34. The Bertz CT molecular complexity index is 975. The first-order chi connectivity index (χ1) is 14.4. The summed E-state index contributed by atoms with van der Waals surface area (Å²) in [5.41, 5.74) is 0.372. The molecule has 6 rings (SSSR count). The number of esters is 2. The predicted octanol–water partition coefficient (Wildman–Crippen LogP) is 4.37. The van der Waals surface area contributed by atoms with E-state index in [0.29, 0.717) is 35.8 Å². The highest BCUT2D eigenvalue weighted by atomic mass is 16.5. The van der Waals surface area contributed by atoms with Crippen LogP contribution in [0.5, 0.6) is 0 Å². The second-order valence-electron chi connectivity index (χ2n) is 9.65. The molecule has 1 aromatic heterocycles. The highest BCUT2D eigenvalue weighted by Gasteiger charge is 2.57. The molecule has 6 nitrogen and oxygen atoms in total. The quantitative estimate of drug-likeness (QED) is 0.709. The summed E-state index contributed by atoms with van der Waals surface area (Å²) < 4.78 is 16.4. The monoisotopic (exact) mass is 412 g/mol. The number of carbonyl (C=O) groups is 2. The van der Waals surface area contributed by atoms with Crippen molar-refractivity contribution in [2.75, 3.05) is 6.61 Å². The Morgan fingerprint density at radius 3 is 2.57 bits per heavy atom. The van der Waals surface area contributed by atoms with Crippen LogP contribution in [0.4, 0.5) is 0 Å². The van der Waals surface area contributed by atoms with E-state index in [0.717, 1.165) is 31.1 Å². The van der Waals surface area contributed by atoms with Crippen LogP contribution in [0.3, 0.4) is 0 Å². The number of hydrogen-bond donors (Lipinski definition) is 1. The van der Waals surface area contributed by atoms with Crippen molar-refractivity contribution >= 4 is 22.9 Å². The molecule has 160 valence electrons. The van der Waals surface area contributed by atoms with Gasteiger partial charge in [0.15, 0.2) is 0 Å². The van der Waals surface area contributed by atoms with Gasteiger partial charge in [-0.1, -0.05) is 18.2 Å². The molecule has 0 aliphatic heterocycles. The van der Waals surface area contributed by atoms with Crippen LogP contribution < -0.4 is 0 Å². The zero-order chi connectivity index (χ0) is 20.9. The number of hydrogen-bond acceptors (Lipinski definition) is 6. The van der Waals surface area contributed by atoms with Crippen molar-refractivity contribution in [2.24, 2.45) is 17.3 Å². The van der Waals surface area contributed by atoms with Crippen LogP contribution in [-0.4, -0.2) is 29.3 Å². The van der Waals surface area contributed by atoms with Gasteiger partial charge in [-0.3, -0.25) is 4.79 Å². The van der Waals surface area contributed by atoms with Crippen molar-refractivity contribution in [1.82, 2.24) is 0 Å². The molecule has 4 saturated carbocycles. The van der Waals surface area contributed by atoms with Crippen LogP contribution in [0.15, 0.2) is 28.7 Å². The summed E-state index contributed by atoms with van der Waals surface area (Å²) >= 11 is 0. The molecule has 0 amide bonds. The largest absolute Gasteiger partial charge is 0.461 e. The molecule has 30 heavy (non-hydrogen) atoms. The van der Waals surface area contributed by atoms with Gasteiger partial charge in [0.25, 0.3) is 0 Å². The Kier molecular flexibility index (Phi) is 4.65. The molecule has 2 atom stereocenters. The molecular formula is C24H28O6. The summed E-state index contributed by atoms with van der Waals surface area (Å²) in [5, 5.41) is 11.7. The van der Waals surface area contributed by atoms with Crippen molar-refractivity contribution in [3.8, 4) is 0 Å². The Morgan fingerprint density at radius 1 is 1.13 bits per heavy atom. The van der Waals surface area contributed by atoms with Gasteiger partial charge in [-0.25, -0.2) is 4.79 Å². The van der Waals surface area contributed by atoms with Crippen LogP contribution in [0.2, 0.25) is 0 Å². The third-order valence-corrected chi connectivity index (χ3v) is 7.21. The Morgan fingerprint density at radius 2 is 1.87 bits per heavy atom. The lowest BCUT2D eigenvalue weighted by Gasteiger charge is -2.60. The first kappa shape index (κ1) is 19.6. The minimum Gasteiger partial charge on any atom is -0.461 e. The molecule has 4 aliphatic rings. The summed E-state index contributed by atoms with van der Waals surface area (Å²) in [5.74, 6) is 0.313. The molecule has 6 heteroatoms. The van der Waals surface area contributed by atoms with Crippen molar-refractivity contribution in [2.45, 2.75) is 64.1 Å². The van der Waals surface area contributed by atoms with Gasteiger partial charge < -0.3 is 19.0 Å². The van der Waals surface area contributed by atoms with Crippen molar-refractivity contribution < 1.29 is 28.6 Å². The average Bonchev–Trinajstić information content (AvgIpc) is 3.03. The lowest BCUT2D eigenvalue weighted by atomic mass is 9.47. The fraction of sp³-hybridized carbons (Fsp3) is 0.583. The molecule has 4 bridgehead atoms. The lowest BCUT2D eigenvalue weighted by Crippen LogP contribution is -2.56. The maximum Gasteiger partial charge on any atom is 0.374 e. The molecule has 0 radical (unpaired) electrons. The zero-order valence-electron chi connectivity index (χ0n) is 17.3. The van der Waals surface area contributed by atoms with Gasteiger partial charge in [0.05, 0.1) is 24.2 Å². The zero-order valence-corrected chi connectivity index (χ0v) is 17.3. The van der Waals surface area contributed by atoms with Gasteiger partial charge in [-0.05, 0) is 68.8 Å². The molecule has 0 saturated heterocycles. The maximum atomic E-state index is 12.8. The number of carbonyl (C=O) groups excluding carboxylic acids is 2. The first-order valence-electron chi connectivity index (χ1n) is 10.9. The summed E-state index contributed by atoms with van der Waals surface area (Å²) in [6.07, 6.45) is 5.97. The number of ether oxygens (including phenoxy) is 2. The van der Waals surface area contributed by atoms with Gasteiger partial charge in [0.2, 0.25) is 5.76 Å². The summed E-state index contributed by atoms with van der Waals surface area (Å²) in [6, 6.07) is 7.31. The second-order valence-corrected chi connectivity index (χ2v) is 9.65. The van der Waals surface area contributed by atoms with Gasteiger partial charge >= 0.3 is 11.9 Å². The molecule has 4 aliphatic carbocycles. The van der Waals surface area contributed by atoms with E-state index >= 15 is 0 Å². The fourth-order valence-corrected chi connectivity index (χ4v) is 6.72. The number of rotatable bonds is 6. The van der Waals surface area contributed by atoms with Gasteiger partial charge in [-0.2, -0.15) is 0 Å². The van der Waals surface area contributed by atoms with Gasteiger partial charge in [0, 0.05) is 5.39 Å². The van der Waals surface area contributed by atoms with E-state index in [1.807, 2.05) is 18.2 Å². The maximum absolute atomic E-state index is 12.8. The Balaban J connectivity index is 1.32. The number of para-hydroxylation sites is 1. The van der Waals surface area contributed by atoms with Crippen molar-refractivity contribution in [3.05, 3.63) is 35.6 Å². The van der Waals surface area contributed by atoms with E-state index in [1.54, 1.807) is 13.0 Å². The molecule has 1 N–H and O–H groups in total. The summed E-state index contributed by atoms with van der Waals surface area (Å²) in [6.45, 7) is 1.94. The van der Waals surface area contributed by atoms with Crippen molar-refractivity contribution in [1.29, 1.82) is 0 Å². The summed E-state index contributed by atoms with van der Waals surface area (Å²) in [4.78, 5) is 25.1. The van der Waals surface area contributed by atoms with Gasteiger partial charge in [-0.15, -0.1) is 0 Å². The average molecular weight is 412 g/mol. The van der Waals surface area contributed by atoms with E-state index in [4.69, 9.17) is 13.9 Å². The standard InChI is InChI=1S/C24H28O6/c1-2-28-22(26)21-18(17-5-3-4-6-19(17)30-21)13-29-20(25)12-23-8-15-7-16(9-23)11-24(27,10-15)14-23/h3-6,15-16,27H,2,7-14H2,1H3. The lowest BCUT2D eigenvalue weighted by molar-refractivity contribution is -0.177. The topological polar surface area (TPSA) is 86.0 Å².